The molecule has 0 radical (unpaired) electrons. The average molecular weight is 219 g/mol. The summed E-state index contributed by atoms with van der Waals surface area (Å²) >= 11 is 0. The van der Waals surface area contributed by atoms with Crippen LogP contribution >= 0.6 is 0 Å². The zero-order valence-electron chi connectivity index (χ0n) is 9.15. The fourth-order valence-electron chi connectivity index (χ4n) is 1.27. The molecule has 0 unspecified atom stereocenters. The molecule has 1 rings (SSSR count). The predicted molar refractivity (Wildman–Crippen MR) is 61.2 cm³/mol. The highest BCUT2D eigenvalue weighted by atomic mass is 16.4. The Morgan fingerprint density at radius 3 is 2.56 bits per heavy atom. The number of aliphatic carboxylic acids is 1. The maximum absolute atomic E-state index is 11.5. The number of anilines is 1. The summed E-state index contributed by atoms with van der Waals surface area (Å²) in [4.78, 5) is 22.2. The molecular formula is C12H13NO3. The third kappa shape index (κ3) is 2.95. The molecule has 0 saturated heterocycles. The summed E-state index contributed by atoms with van der Waals surface area (Å²) in [5.41, 5.74) is 1.32. The van der Waals surface area contributed by atoms with Crippen LogP contribution in [-0.2, 0) is 9.59 Å². The van der Waals surface area contributed by atoms with Crippen molar-refractivity contribution in [2.45, 2.75) is 13.8 Å². The van der Waals surface area contributed by atoms with E-state index in [1.165, 1.54) is 13.0 Å². The molecular weight excluding hydrogens is 206 g/mol. The van der Waals surface area contributed by atoms with Crippen LogP contribution in [0, 0.1) is 6.92 Å². The number of hydrogen-bond donors (Lipinski definition) is 2. The molecule has 84 valence electrons. The minimum atomic E-state index is -1.23. The molecule has 0 bridgehead atoms. The van der Waals surface area contributed by atoms with Gasteiger partial charge in [-0.2, -0.15) is 0 Å². The quantitative estimate of drug-likeness (QED) is 0.464. The Hall–Kier alpha value is -2.10. The molecule has 4 nitrogen and oxygen atoms in total. The van der Waals surface area contributed by atoms with E-state index >= 15 is 0 Å². The summed E-state index contributed by atoms with van der Waals surface area (Å²) in [5.74, 6) is -1.84. The number of carbonyl (C=O) groups excluding carboxylic acids is 1. The van der Waals surface area contributed by atoms with Crippen LogP contribution in [0.15, 0.2) is 35.9 Å². The van der Waals surface area contributed by atoms with Gasteiger partial charge in [0.05, 0.1) is 0 Å². The van der Waals surface area contributed by atoms with Gasteiger partial charge in [-0.15, -0.1) is 0 Å². The van der Waals surface area contributed by atoms with Crippen molar-refractivity contribution < 1.29 is 14.7 Å². The second-order valence-electron chi connectivity index (χ2n) is 3.33. The highest BCUT2D eigenvalue weighted by Crippen LogP contribution is 2.11. The number of carboxylic acids is 1. The molecule has 1 amide bonds. The van der Waals surface area contributed by atoms with Gasteiger partial charge in [0, 0.05) is 5.69 Å². The molecule has 16 heavy (non-hydrogen) atoms. The van der Waals surface area contributed by atoms with Crippen molar-refractivity contribution in [1.29, 1.82) is 0 Å². The second-order valence-corrected chi connectivity index (χ2v) is 3.33. The Kier molecular flexibility index (Phi) is 3.83. The molecule has 0 aliphatic rings. The molecule has 0 atom stereocenters. The van der Waals surface area contributed by atoms with Crippen molar-refractivity contribution in [1.82, 2.24) is 0 Å². The van der Waals surface area contributed by atoms with Crippen molar-refractivity contribution in [3.63, 3.8) is 0 Å². The molecule has 1 aromatic rings. The first-order valence-corrected chi connectivity index (χ1v) is 4.82. The normalized spacial score (nSPS) is 11.0. The van der Waals surface area contributed by atoms with E-state index in [9.17, 15) is 9.59 Å². The van der Waals surface area contributed by atoms with Crippen molar-refractivity contribution in [2.24, 2.45) is 0 Å². The van der Waals surface area contributed by atoms with E-state index in [4.69, 9.17) is 5.11 Å². The molecule has 0 spiro atoms. The summed E-state index contributed by atoms with van der Waals surface area (Å²) in [6.07, 6.45) is 1.27. The Labute approximate surface area is 93.6 Å². The number of hydrogen-bond acceptors (Lipinski definition) is 2. The number of carbonyl (C=O) groups is 2. The molecule has 0 aliphatic heterocycles. The fourth-order valence-corrected chi connectivity index (χ4v) is 1.27. The largest absolute Gasteiger partial charge is 0.478 e. The molecule has 0 aromatic heterocycles. The Morgan fingerprint density at radius 2 is 2.06 bits per heavy atom. The summed E-state index contributed by atoms with van der Waals surface area (Å²) in [6, 6.07) is 7.16. The van der Waals surface area contributed by atoms with E-state index in [1.54, 1.807) is 18.2 Å². The van der Waals surface area contributed by atoms with Crippen LogP contribution in [0.5, 0.6) is 0 Å². The van der Waals surface area contributed by atoms with Crippen LogP contribution in [0.25, 0.3) is 0 Å². The third-order valence-corrected chi connectivity index (χ3v) is 2.04. The summed E-state index contributed by atoms with van der Waals surface area (Å²) < 4.78 is 0. The minimum absolute atomic E-state index is 0.262. The zero-order chi connectivity index (χ0) is 12.1. The number of nitrogens with one attached hydrogen (secondary N) is 1. The minimum Gasteiger partial charge on any atom is -0.478 e. The molecule has 0 saturated carbocycles. The van der Waals surface area contributed by atoms with E-state index in [-0.39, 0.29) is 5.57 Å². The molecule has 0 heterocycles. The van der Waals surface area contributed by atoms with Gasteiger partial charge in [0.25, 0.3) is 5.91 Å². The van der Waals surface area contributed by atoms with Gasteiger partial charge in [0.1, 0.15) is 5.57 Å². The lowest BCUT2D eigenvalue weighted by Crippen LogP contribution is -2.20. The van der Waals surface area contributed by atoms with Crippen LogP contribution in [0.3, 0.4) is 0 Å². The monoisotopic (exact) mass is 219 g/mol. The molecule has 2 N–H and O–H groups in total. The number of allylic oxidation sites excluding steroid dienone is 1. The third-order valence-electron chi connectivity index (χ3n) is 2.04. The van der Waals surface area contributed by atoms with E-state index in [2.05, 4.69) is 5.32 Å². The SMILES string of the molecule is CC=C(C(=O)O)C(=O)Nc1cccc(C)c1. The van der Waals surface area contributed by atoms with E-state index in [0.29, 0.717) is 5.69 Å². The van der Waals surface area contributed by atoms with Crippen LogP contribution in [0.2, 0.25) is 0 Å². The fraction of sp³-hybridized carbons (Fsp3) is 0.167. The van der Waals surface area contributed by atoms with Gasteiger partial charge in [-0.3, -0.25) is 4.79 Å². The second kappa shape index (κ2) is 5.11. The summed E-state index contributed by atoms with van der Waals surface area (Å²) in [5, 5.41) is 11.3. The lowest BCUT2D eigenvalue weighted by Gasteiger charge is -2.05. The Balaban J connectivity index is 2.83. The Bertz CT molecular complexity index is 449. The van der Waals surface area contributed by atoms with E-state index < -0.39 is 11.9 Å². The lowest BCUT2D eigenvalue weighted by atomic mass is 10.2. The van der Waals surface area contributed by atoms with Crippen LogP contribution in [0.4, 0.5) is 5.69 Å². The van der Waals surface area contributed by atoms with Gasteiger partial charge < -0.3 is 10.4 Å². The number of rotatable bonds is 3. The smallest absolute Gasteiger partial charge is 0.340 e. The van der Waals surface area contributed by atoms with E-state index in [1.807, 2.05) is 13.0 Å². The standard InChI is InChI=1S/C12H13NO3/c1-3-10(12(15)16)11(14)13-9-6-4-5-8(2)7-9/h3-7H,1-2H3,(H,13,14)(H,15,16). The summed E-state index contributed by atoms with van der Waals surface area (Å²) in [7, 11) is 0. The van der Waals surface area contributed by atoms with Gasteiger partial charge in [-0.05, 0) is 31.5 Å². The van der Waals surface area contributed by atoms with Gasteiger partial charge in [0.2, 0.25) is 0 Å². The maximum atomic E-state index is 11.5. The van der Waals surface area contributed by atoms with Crippen LogP contribution in [0.1, 0.15) is 12.5 Å². The van der Waals surface area contributed by atoms with Crippen molar-refractivity contribution >= 4 is 17.6 Å². The van der Waals surface area contributed by atoms with Crippen molar-refractivity contribution in [3.8, 4) is 0 Å². The molecule has 4 heteroatoms. The van der Waals surface area contributed by atoms with Crippen LogP contribution < -0.4 is 5.32 Å². The molecule has 1 aromatic carbocycles. The molecule has 0 aliphatic carbocycles. The van der Waals surface area contributed by atoms with E-state index in [0.717, 1.165) is 5.56 Å². The highest BCUT2D eigenvalue weighted by molar-refractivity contribution is 6.20. The summed E-state index contributed by atoms with van der Waals surface area (Å²) in [6.45, 7) is 3.41. The van der Waals surface area contributed by atoms with Gasteiger partial charge >= 0.3 is 5.97 Å². The predicted octanol–water partition coefficient (Wildman–Crippen LogP) is 1.96. The van der Waals surface area contributed by atoms with Gasteiger partial charge in [-0.25, -0.2) is 4.79 Å². The van der Waals surface area contributed by atoms with Gasteiger partial charge in [-0.1, -0.05) is 18.2 Å². The topological polar surface area (TPSA) is 66.4 Å². The van der Waals surface area contributed by atoms with Gasteiger partial charge in [0.15, 0.2) is 0 Å². The Morgan fingerprint density at radius 1 is 1.38 bits per heavy atom. The van der Waals surface area contributed by atoms with Crippen molar-refractivity contribution in [2.75, 3.05) is 5.32 Å². The number of aryl methyl sites for hydroxylation is 1. The maximum Gasteiger partial charge on any atom is 0.340 e. The highest BCUT2D eigenvalue weighted by Gasteiger charge is 2.15. The average Bonchev–Trinajstić information content (AvgIpc) is 2.17. The number of benzene rings is 1. The number of carboxylic acid groups (broad SMARTS) is 1. The molecule has 0 fully saturated rings. The van der Waals surface area contributed by atoms with Crippen LogP contribution in [-0.4, -0.2) is 17.0 Å². The first-order chi connectivity index (χ1) is 7.54. The first-order valence-electron chi connectivity index (χ1n) is 4.82. The van der Waals surface area contributed by atoms with Crippen molar-refractivity contribution in [3.05, 3.63) is 41.5 Å². The first kappa shape index (κ1) is 12.0. The lowest BCUT2D eigenvalue weighted by molar-refractivity contribution is -0.134. The number of amides is 1. The zero-order valence-corrected chi connectivity index (χ0v) is 9.15.